The number of anilines is 1. The van der Waals surface area contributed by atoms with Crippen LogP contribution in [-0.4, -0.2) is 24.3 Å². The third kappa shape index (κ3) is 7.22. The van der Waals surface area contributed by atoms with E-state index >= 15 is 0 Å². The van der Waals surface area contributed by atoms with Crippen LogP contribution in [-0.2, 0) is 4.79 Å². The standard InChI is InChI=1S/C20H18F3NO2.C3H8/c1-3-24(17-11-9-15(10-12-17)14(2)25)13-18(19(26)20(21,22)23)16-7-5-4-6-8-16;1-3-2/h4-13H,3H2,1-2H3;3H2,1-2H3/b18-13-;. The maximum Gasteiger partial charge on any atom is 0.454 e. The predicted molar refractivity (Wildman–Crippen MR) is 111 cm³/mol. The summed E-state index contributed by atoms with van der Waals surface area (Å²) in [5.74, 6) is -2.00. The summed E-state index contributed by atoms with van der Waals surface area (Å²) in [4.78, 5) is 24.8. The summed E-state index contributed by atoms with van der Waals surface area (Å²) in [6.07, 6.45) is -2.52. The van der Waals surface area contributed by atoms with Crippen molar-refractivity contribution in [2.45, 2.75) is 40.3 Å². The molecule has 0 aliphatic heterocycles. The summed E-state index contributed by atoms with van der Waals surface area (Å²) in [5.41, 5.74) is 0.841. The van der Waals surface area contributed by atoms with E-state index in [0.717, 1.165) is 0 Å². The first-order chi connectivity index (χ1) is 13.6. The Bertz CT molecular complexity index is 825. The van der Waals surface area contributed by atoms with Crippen LogP contribution in [0.5, 0.6) is 0 Å². The maximum atomic E-state index is 13.0. The van der Waals surface area contributed by atoms with Gasteiger partial charge in [-0.3, -0.25) is 9.59 Å². The van der Waals surface area contributed by atoms with E-state index in [0.29, 0.717) is 17.8 Å². The lowest BCUT2D eigenvalue weighted by atomic mass is 10.0. The van der Waals surface area contributed by atoms with Crippen LogP contribution in [0.25, 0.3) is 5.57 Å². The highest BCUT2D eigenvalue weighted by Crippen LogP contribution is 2.28. The van der Waals surface area contributed by atoms with E-state index in [-0.39, 0.29) is 11.3 Å². The summed E-state index contributed by atoms with van der Waals surface area (Å²) in [6, 6.07) is 14.2. The number of allylic oxidation sites excluding steroid dienone is 1. The second-order valence-corrected chi connectivity index (χ2v) is 6.33. The Morgan fingerprint density at radius 2 is 1.41 bits per heavy atom. The third-order valence-electron chi connectivity index (χ3n) is 3.82. The Kier molecular flexibility index (Phi) is 9.32. The van der Waals surface area contributed by atoms with Gasteiger partial charge in [-0.2, -0.15) is 13.2 Å². The van der Waals surface area contributed by atoms with Gasteiger partial charge in [-0.25, -0.2) is 0 Å². The molecule has 156 valence electrons. The second-order valence-electron chi connectivity index (χ2n) is 6.33. The molecular formula is C23H26F3NO2. The smallest absolute Gasteiger partial charge is 0.348 e. The molecule has 0 aliphatic rings. The minimum Gasteiger partial charge on any atom is -0.348 e. The molecule has 0 atom stereocenters. The lowest BCUT2D eigenvalue weighted by molar-refractivity contribution is -0.164. The lowest BCUT2D eigenvalue weighted by Crippen LogP contribution is -2.26. The largest absolute Gasteiger partial charge is 0.454 e. The molecule has 0 saturated heterocycles. The van der Waals surface area contributed by atoms with Gasteiger partial charge in [0, 0.05) is 24.0 Å². The lowest BCUT2D eigenvalue weighted by Gasteiger charge is -2.21. The second kappa shape index (κ2) is 11.2. The molecule has 0 spiro atoms. The Hall–Kier alpha value is -2.89. The molecule has 0 bridgehead atoms. The Morgan fingerprint density at radius 3 is 1.83 bits per heavy atom. The minimum atomic E-state index is -4.97. The third-order valence-corrected chi connectivity index (χ3v) is 3.82. The van der Waals surface area contributed by atoms with Gasteiger partial charge in [0.25, 0.3) is 5.78 Å². The SMILES string of the molecule is CCC.CCN(/C=C(\C(=O)C(F)(F)F)c1ccccc1)c1ccc(C(C)=O)cc1. The first-order valence-corrected chi connectivity index (χ1v) is 9.42. The van der Waals surface area contributed by atoms with Crippen molar-refractivity contribution in [2.75, 3.05) is 11.4 Å². The van der Waals surface area contributed by atoms with Crippen molar-refractivity contribution in [1.29, 1.82) is 0 Å². The van der Waals surface area contributed by atoms with E-state index in [4.69, 9.17) is 0 Å². The van der Waals surface area contributed by atoms with Crippen LogP contribution < -0.4 is 4.90 Å². The summed E-state index contributed by atoms with van der Waals surface area (Å²) >= 11 is 0. The fourth-order valence-electron chi connectivity index (χ4n) is 2.43. The average Bonchev–Trinajstić information content (AvgIpc) is 2.69. The first kappa shape index (κ1) is 24.1. The number of nitrogens with zero attached hydrogens (tertiary/aromatic N) is 1. The highest BCUT2D eigenvalue weighted by molar-refractivity contribution is 6.23. The number of rotatable bonds is 6. The zero-order valence-corrected chi connectivity index (χ0v) is 17.1. The molecule has 0 radical (unpaired) electrons. The summed E-state index contributed by atoms with van der Waals surface area (Å²) < 4.78 is 39.1. The van der Waals surface area contributed by atoms with Crippen molar-refractivity contribution >= 4 is 22.8 Å². The molecule has 0 heterocycles. The fraction of sp³-hybridized carbons (Fsp3) is 0.304. The normalized spacial score (nSPS) is 11.3. The van der Waals surface area contributed by atoms with Gasteiger partial charge in [-0.1, -0.05) is 50.6 Å². The fourth-order valence-corrected chi connectivity index (χ4v) is 2.43. The summed E-state index contributed by atoms with van der Waals surface area (Å²) in [5, 5.41) is 0. The number of halogens is 3. The predicted octanol–water partition coefficient (Wildman–Crippen LogP) is 6.30. The topological polar surface area (TPSA) is 37.4 Å². The van der Waals surface area contributed by atoms with E-state index in [9.17, 15) is 22.8 Å². The van der Waals surface area contributed by atoms with E-state index < -0.39 is 17.5 Å². The summed E-state index contributed by atoms with van der Waals surface area (Å²) in [6.45, 7) is 7.79. The van der Waals surface area contributed by atoms with Gasteiger partial charge in [0.15, 0.2) is 5.78 Å². The zero-order valence-electron chi connectivity index (χ0n) is 17.1. The van der Waals surface area contributed by atoms with Crippen molar-refractivity contribution in [3.05, 3.63) is 71.9 Å². The molecule has 3 nitrogen and oxygen atoms in total. The van der Waals surface area contributed by atoms with Crippen LogP contribution in [0.2, 0.25) is 0 Å². The number of carbonyl (C=O) groups excluding carboxylic acids is 2. The molecule has 0 unspecified atom stereocenters. The molecule has 2 rings (SSSR count). The molecular weight excluding hydrogens is 379 g/mol. The van der Waals surface area contributed by atoms with Gasteiger partial charge < -0.3 is 4.90 Å². The minimum absolute atomic E-state index is 0.104. The molecule has 0 amide bonds. The molecule has 2 aromatic rings. The van der Waals surface area contributed by atoms with Gasteiger partial charge >= 0.3 is 6.18 Å². The molecule has 0 N–H and O–H groups in total. The van der Waals surface area contributed by atoms with Crippen molar-refractivity contribution in [2.24, 2.45) is 0 Å². The Balaban J connectivity index is 0.00000132. The highest BCUT2D eigenvalue weighted by Gasteiger charge is 2.41. The number of carbonyl (C=O) groups is 2. The van der Waals surface area contributed by atoms with Crippen molar-refractivity contribution in [1.82, 2.24) is 0 Å². The average molecular weight is 405 g/mol. The monoisotopic (exact) mass is 405 g/mol. The molecule has 29 heavy (non-hydrogen) atoms. The molecule has 2 aromatic carbocycles. The van der Waals surface area contributed by atoms with Crippen LogP contribution in [0.15, 0.2) is 60.8 Å². The van der Waals surface area contributed by atoms with E-state index in [1.807, 2.05) is 0 Å². The van der Waals surface area contributed by atoms with Crippen LogP contribution >= 0.6 is 0 Å². The number of ketones is 2. The Labute approximate surface area is 169 Å². The van der Waals surface area contributed by atoms with Crippen LogP contribution in [0.3, 0.4) is 0 Å². The number of hydrogen-bond acceptors (Lipinski definition) is 3. The maximum absolute atomic E-state index is 13.0. The van der Waals surface area contributed by atoms with E-state index in [1.165, 1.54) is 36.6 Å². The van der Waals surface area contributed by atoms with Crippen molar-refractivity contribution in [3.63, 3.8) is 0 Å². The number of alkyl halides is 3. The molecule has 0 saturated carbocycles. The number of hydrogen-bond donors (Lipinski definition) is 0. The van der Waals surface area contributed by atoms with E-state index in [1.54, 1.807) is 49.4 Å². The molecule has 0 aromatic heterocycles. The van der Waals surface area contributed by atoms with Gasteiger partial charge in [0.2, 0.25) is 0 Å². The van der Waals surface area contributed by atoms with Gasteiger partial charge in [0.05, 0.1) is 5.57 Å². The van der Waals surface area contributed by atoms with Crippen molar-refractivity contribution < 1.29 is 22.8 Å². The molecule has 6 heteroatoms. The number of Topliss-reactive ketones (excluding diaryl/α,β-unsaturated/α-hetero) is 2. The first-order valence-electron chi connectivity index (χ1n) is 9.42. The van der Waals surface area contributed by atoms with Crippen LogP contribution in [0, 0.1) is 0 Å². The molecule has 0 aliphatic carbocycles. The van der Waals surface area contributed by atoms with Gasteiger partial charge in [-0.15, -0.1) is 0 Å². The number of benzene rings is 2. The summed E-state index contributed by atoms with van der Waals surface area (Å²) in [7, 11) is 0. The molecule has 0 fully saturated rings. The Morgan fingerprint density at radius 1 is 0.897 bits per heavy atom. The highest BCUT2D eigenvalue weighted by atomic mass is 19.4. The van der Waals surface area contributed by atoms with Gasteiger partial charge in [0.1, 0.15) is 0 Å². The van der Waals surface area contributed by atoms with Gasteiger partial charge in [-0.05, 0) is 43.7 Å². The van der Waals surface area contributed by atoms with Crippen LogP contribution in [0.4, 0.5) is 18.9 Å². The van der Waals surface area contributed by atoms with Crippen molar-refractivity contribution in [3.8, 4) is 0 Å². The van der Waals surface area contributed by atoms with Crippen LogP contribution in [0.1, 0.15) is 50.0 Å². The zero-order chi connectivity index (χ0) is 22.0. The quantitative estimate of drug-likeness (QED) is 0.418. The van der Waals surface area contributed by atoms with E-state index in [2.05, 4.69) is 13.8 Å².